The number of furan rings is 1. The number of hydrogen-bond acceptors (Lipinski definition) is 5. The first-order valence-corrected chi connectivity index (χ1v) is 9.50. The molecule has 1 aromatic carbocycles. The second kappa shape index (κ2) is 6.38. The van der Waals surface area contributed by atoms with Gasteiger partial charge in [0.05, 0.1) is 18.3 Å². The van der Waals surface area contributed by atoms with Crippen LogP contribution in [0.4, 0.5) is 9.18 Å². The number of imide groups is 1. The van der Waals surface area contributed by atoms with E-state index in [9.17, 15) is 18.8 Å². The average Bonchev–Trinajstić information content (AvgIpc) is 3.37. The molecule has 1 atom stereocenters. The number of aryl methyl sites for hydroxylation is 1. The summed E-state index contributed by atoms with van der Waals surface area (Å²) < 4.78 is 20.6. The van der Waals surface area contributed by atoms with E-state index in [0.717, 1.165) is 0 Å². The zero-order valence-electron chi connectivity index (χ0n) is 16.0. The van der Waals surface area contributed by atoms with Crippen molar-refractivity contribution in [3.63, 3.8) is 0 Å². The number of carbonyl (C=O) groups excluding carboxylic acids is 3. The maximum Gasteiger partial charge on any atom is 0.322 e. The predicted molar refractivity (Wildman–Crippen MR) is 103 cm³/mol. The summed E-state index contributed by atoms with van der Waals surface area (Å²) in [7, 11) is 0. The first kappa shape index (κ1) is 18.3. The molecule has 0 saturated carbocycles. The molecule has 2 aliphatic heterocycles. The molecule has 152 valence electrons. The standard InChI is InChI=1S/C21H17FN4O4/c1-2-11-3-4-13-9-26(18(27)16(13)17(11)22)10-21(19(28)24-20(29)25-21)15-7-12-5-6-23-8-14(12)30-15/h3-8H,2,9-10H2,1H3,(H2,24,25,28,29)/t21-/m0/s1. The first-order chi connectivity index (χ1) is 14.4. The second-order valence-corrected chi connectivity index (χ2v) is 7.43. The van der Waals surface area contributed by atoms with Gasteiger partial charge in [-0.2, -0.15) is 0 Å². The van der Waals surface area contributed by atoms with Gasteiger partial charge >= 0.3 is 6.03 Å². The van der Waals surface area contributed by atoms with Gasteiger partial charge in [-0.3, -0.25) is 19.9 Å². The number of aromatic nitrogens is 1. The van der Waals surface area contributed by atoms with E-state index in [2.05, 4.69) is 15.6 Å². The summed E-state index contributed by atoms with van der Waals surface area (Å²) >= 11 is 0. The lowest BCUT2D eigenvalue weighted by atomic mass is 9.95. The van der Waals surface area contributed by atoms with Crippen molar-refractivity contribution in [2.45, 2.75) is 25.4 Å². The minimum Gasteiger partial charge on any atom is -0.456 e. The van der Waals surface area contributed by atoms with E-state index in [1.807, 2.05) is 6.92 Å². The van der Waals surface area contributed by atoms with Crippen LogP contribution in [0.2, 0.25) is 0 Å². The Labute approximate surface area is 170 Å². The number of pyridine rings is 1. The molecule has 4 heterocycles. The van der Waals surface area contributed by atoms with Gasteiger partial charge in [0.2, 0.25) is 0 Å². The predicted octanol–water partition coefficient (Wildman–Crippen LogP) is 2.22. The Hall–Kier alpha value is -3.75. The van der Waals surface area contributed by atoms with Crippen LogP contribution in [-0.2, 0) is 23.3 Å². The third-order valence-electron chi connectivity index (χ3n) is 5.66. The summed E-state index contributed by atoms with van der Waals surface area (Å²) in [5.41, 5.74) is -0.171. The molecule has 0 aliphatic carbocycles. The van der Waals surface area contributed by atoms with E-state index < -0.39 is 29.2 Å². The van der Waals surface area contributed by atoms with E-state index >= 15 is 0 Å². The average molecular weight is 408 g/mol. The summed E-state index contributed by atoms with van der Waals surface area (Å²) in [6.07, 6.45) is 3.54. The summed E-state index contributed by atoms with van der Waals surface area (Å²) in [5.74, 6) is -1.53. The molecule has 30 heavy (non-hydrogen) atoms. The van der Waals surface area contributed by atoms with Gasteiger partial charge in [0, 0.05) is 18.1 Å². The van der Waals surface area contributed by atoms with Gasteiger partial charge in [-0.05, 0) is 29.7 Å². The summed E-state index contributed by atoms with van der Waals surface area (Å²) in [4.78, 5) is 43.2. The van der Waals surface area contributed by atoms with Crippen LogP contribution in [-0.4, -0.2) is 34.3 Å². The fourth-order valence-electron chi connectivity index (χ4n) is 4.09. The van der Waals surface area contributed by atoms with E-state index in [1.54, 1.807) is 30.5 Å². The molecule has 2 aromatic heterocycles. The molecule has 8 nitrogen and oxygen atoms in total. The van der Waals surface area contributed by atoms with Crippen molar-refractivity contribution in [1.29, 1.82) is 0 Å². The minimum atomic E-state index is -1.63. The maximum absolute atomic E-state index is 14.8. The molecule has 0 radical (unpaired) electrons. The highest BCUT2D eigenvalue weighted by Gasteiger charge is 2.53. The number of fused-ring (bicyclic) bond motifs is 2. The number of nitrogens with zero attached hydrogens (tertiary/aromatic N) is 2. The SMILES string of the molecule is CCc1ccc2c(c1F)C(=O)N(C[C@@]1(c3cc4ccncc4o3)NC(=O)NC1=O)C2. The number of benzene rings is 1. The van der Waals surface area contributed by atoms with Crippen LogP contribution in [0.25, 0.3) is 11.0 Å². The number of urea groups is 1. The van der Waals surface area contributed by atoms with Crippen molar-refractivity contribution >= 4 is 28.8 Å². The second-order valence-electron chi connectivity index (χ2n) is 7.43. The van der Waals surface area contributed by atoms with E-state index in [1.165, 1.54) is 11.1 Å². The van der Waals surface area contributed by atoms with Crippen molar-refractivity contribution in [1.82, 2.24) is 20.5 Å². The van der Waals surface area contributed by atoms with Crippen LogP contribution in [0.1, 0.15) is 34.2 Å². The largest absolute Gasteiger partial charge is 0.456 e. The highest BCUT2D eigenvalue weighted by atomic mass is 19.1. The van der Waals surface area contributed by atoms with Crippen LogP contribution in [0.3, 0.4) is 0 Å². The summed E-state index contributed by atoms with van der Waals surface area (Å²) in [6, 6.07) is 6.04. The molecular formula is C21H17FN4O4. The first-order valence-electron chi connectivity index (χ1n) is 9.50. The van der Waals surface area contributed by atoms with E-state index in [-0.39, 0.29) is 24.4 Å². The maximum atomic E-state index is 14.8. The minimum absolute atomic E-state index is 0.0167. The number of hydrogen-bond donors (Lipinski definition) is 2. The Morgan fingerprint density at radius 1 is 1.27 bits per heavy atom. The van der Waals surface area contributed by atoms with Gasteiger partial charge in [0.15, 0.2) is 11.1 Å². The molecule has 0 bridgehead atoms. The lowest BCUT2D eigenvalue weighted by molar-refractivity contribution is -0.125. The zero-order chi connectivity index (χ0) is 21.0. The number of amides is 4. The van der Waals surface area contributed by atoms with Crippen LogP contribution in [0.15, 0.2) is 41.1 Å². The Morgan fingerprint density at radius 2 is 2.10 bits per heavy atom. The fourth-order valence-corrected chi connectivity index (χ4v) is 4.09. The normalized spacial score (nSPS) is 20.6. The van der Waals surface area contributed by atoms with Gasteiger partial charge in [0.25, 0.3) is 11.8 Å². The molecule has 4 amide bonds. The van der Waals surface area contributed by atoms with Crippen molar-refractivity contribution in [3.05, 3.63) is 64.9 Å². The smallest absolute Gasteiger partial charge is 0.322 e. The molecule has 3 aromatic rings. The van der Waals surface area contributed by atoms with Gasteiger partial charge in [-0.15, -0.1) is 0 Å². The molecule has 9 heteroatoms. The van der Waals surface area contributed by atoms with Crippen LogP contribution in [0.5, 0.6) is 0 Å². The highest BCUT2D eigenvalue weighted by molar-refractivity contribution is 6.08. The number of halogens is 1. The van der Waals surface area contributed by atoms with Crippen molar-refractivity contribution in [3.8, 4) is 0 Å². The summed E-state index contributed by atoms with van der Waals surface area (Å²) in [6.45, 7) is 1.74. The lowest BCUT2D eigenvalue weighted by Crippen LogP contribution is -2.52. The van der Waals surface area contributed by atoms with Crippen molar-refractivity contribution in [2.75, 3.05) is 6.54 Å². The Balaban J connectivity index is 1.56. The van der Waals surface area contributed by atoms with E-state index in [4.69, 9.17) is 4.42 Å². The molecule has 5 rings (SSSR count). The van der Waals surface area contributed by atoms with Crippen LogP contribution >= 0.6 is 0 Å². The van der Waals surface area contributed by atoms with Crippen LogP contribution in [0, 0.1) is 5.82 Å². The van der Waals surface area contributed by atoms with Gasteiger partial charge in [-0.1, -0.05) is 19.1 Å². The Morgan fingerprint density at radius 3 is 2.80 bits per heavy atom. The molecule has 2 aliphatic rings. The monoisotopic (exact) mass is 408 g/mol. The fraction of sp³-hybridized carbons (Fsp3) is 0.238. The number of carbonyl (C=O) groups is 3. The van der Waals surface area contributed by atoms with Gasteiger partial charge in [-0.25, -0.2) is 9.18 Å². The zero-order valence-corrected chi connectivity index (χ0v) is 16.0. The number of nitrogens with one attached hydrogen (secondary N) is 2. The lowest BCUT2D eigenvalue weighted by Gasteiger charge is -2.29. The van der Waals surface area contributed by atoms with Gasteiger partial charge in [0.1, 0.15) is 11.6 Å². The van der Waals surface area contributed by atoms with E-state index in [0.29, 0.717) is 28.5 Å². The molecule has 2 N–H and O–H groups in total. The molecule has 1 fully saturated rings. The number of rotatable bonds is 4. The third kappa shape index (κ3) is 2.51. The topological polar surface area (TPSA) is 105 Å². The molecule has 0 unspecified atom stereocenters. The van der Waals surface area contributed by atoms with Crippen molar-refractivity contribution < 1.29 is 23.2 Å². The molecule has 1 saturated heterocycles. The Bertz CT molecular complexity index is 1200. The summed E-state index contributed by atoms with van der Waals surface area (Å²) in [5, 5.41) is 5.52. The van der Waals surface area contributed by atoms with Crippen LogP contribution < -0.4 is 10.6 Å². The molecule has 0 spiro atoms. The quantitative estimate of drug-likeness (QED) is 0.644. The van der Waals surface area contributed by atoms with Gasteiger partial charge < -0.3 is 14.6 Å². The Kier molecular flexibility index (Phi) is 3.89. The van der Waals surface area contributed by atoms with Crippen molar-refractivity contribution in [2.24, 2.45) is 0 Å². The third-order valence-corrected chi connectivity index (χ3v) is 5.66. The molecular weight excluding hydrogens is 391 g/mol. The highest BCUT2D eigenvalue weighted by Crippen LogP contribution is 2.35.